The highest BCUT2D eigenvalue weighted by molar-refractivity contribution is 5.25. The molecular weight excluding hydrogens is 172 g/mol. The van der Waals surface area contributed by atoms with Crippen LogP contribution in [0.1, 0.15) is 36.8 Å². The second-order valence-corrected chi connectivity index (χ2v) is 4.25. The van der Waals surface area contributed by atoms with Gasteiger partial charge in [-0.1, -0.05) is 36.8 Å². The third-order valence-corrected chi connectivity index (χ3v) is 3.13. The van der Waals surface area contributed by atoms with Crippen LogP contribution in [0.25, 0.3) is 0 Å². The maximum Gasteiger partial charge on any atom is 0.0641 e. The standard InChI is InChI=1S/C13H18O/c1-10-5-7-12(8-6-10)11(2)13-4-3-9-14-13/h5-8,11,13H,3-4,9H2,1-2H3/t11-,13-/m1/s1. The van der Waals surface area contributed by atoms with Crippen molar-refractivity contribution in [1.29, 1.82) is 0 Å². The van der Waals surface area contributed by atoms with Gasteiger partial charge in [0.25, 0.3) is 0 Å². The van der Waals surface area contributed by atoms with Gasteiger partial charge in [0.15, 0.2) is 0 Å². The van der Waals surface area contributed by atoms with Crippen LogP contribution in [0.5, 0.6) is 0 Å². The molecule has 14 heavy (non-hydrogen) atoms. The Morgan fingerprint density at radius 2 is 2.00 bits per heavy atom. The molecule has 0 bridgehead atoms. The minimum absolute atomic E-state index is 0.442. The number of hydrogen-bond acceptors (Lipinski definition) is 1. The van der Waals surface area contributed by atoms with Gasteiger partial charge in [0, 0.05) is 12.5 Å². The maximum atomic E-state index is 5.70. The summed E-state index contributed by atoms with van der Waals surface area (Å²) >= 11 is 0. The minimum atomic E-state index is 0.442. The van der Waals surface area contributed by atoms with Crippen LogP contribution in [0.2, 0.25) is 0 Å². The van der Waals surface area contributed by atoms with Crippen LogP contribution in [0.4, 0.5) is 0 Å². The van der Waals surface area contributed by atoms with Gasteiger partial charge >= 0.3 is 0 Å². The van der Waals surface area contributed by atoms with Crippen molar-refractivity contribution < 1.29 is 4.74 Å². The fourth-order valence-electron chi connectivity index (χ4n) is 2.08. The van der Waals surface area contributed by atoms with Crippen LogP contribution >= 0.6 is 0 Å². The van der Waals surface area contributed by atoms with Crippen LogP contribution < -0.4 is 0 Å². The number of hydrogen-bond donors (Lipinski definition) is 0. The summed E-state index contributed by atoms with van der Waals surface area (Å²) in [6.07, 6.45) is 2.88. The molecule has 76 valence electrons. The van der Waals surface area contributed by atoms with E-state index in [9.17, 15) is 0 Å². The van der Waals surface area contributed by atoms with Crippen LogP contribution in [0.15, 0.2) is 24.3 Å². The highest BCUT2D eigenvalue weighted by Gasteiger charge is 2.23. The third kappa shape index (κ3) is 1.98. The lowest BCUT2D eigenvalue weighted by Gasteiger charge is -2.18. The van der Waals surface area contributed by atoms with E-state index in [4.69, 9.17) is 4.74 Å². The van der Waals surface area contributed by atoms with Crippen molar-refractivity contribution in [3.8, 4) is 0 Å². The minimum Gasteiger partial charge on any atom is -0.378 e. The Kier molecular flexibility index (Phi) is 2.87. The lowest BCUT2D eigenvalue weighted by molar-refractivity contribution is 0.0932. The molecule has 1 aliphatic rings. The molecule has 1 saturated heterocycles. The zero-order valence-electron chi connectivity index (χ0n) is 8.99. The average molecular weight is 190 g/mol. The van der Waals surface area contributed by atoms with E-state index in [0.29, 0.717) is 12.0 Å². The summed E-state index contributed by atoms with van der Waals surface area (Å²) in [6, 6.07) is 8.81. The van der Waals surface area contributed by atoms with E-state index < -0.39 is 0 Å². The van der Waals surface area contributed by atoms with Gasteiger partial charge in [0.2, 0.25) is 0 Å². The molecule has 0 saturated carbocycles. The summed E-state index contributed by atoms with van der Waals surface area (Å²) in [4.78, 5) is 0. The zero-order chi connectivity index (χ0) is 9.97. The molecule has 0 amide bonds. The van der Waals surface area contributed by atoms with Gasteiger partial charge in [0.1, 0.15) is 0 Å². The van der Waals surface area contributed by atoms with E-state index in [1.165, 1.54) is 24.0 Å². The molecule has 2 rings (SSSR count). The van der Waals surface area contributed by atoms with E-state index in [1.54, 1.807) is 0 Å². The number of rotatable bonds is 2. The van der Waals surface area contributed by atoms with Crippen molar-refractivity contribution in [2.45, 2.75) is 38.7 Å². The van der Waals surface area contributed by atoms with E-state index >= 15 is 0 Å². The Labute approximate surface area is 86.1 Å². The molecule has 2 atom stereocenters. The summed E-state index contributed by atoms with van der Waals surface area (Å²) < 4.78 is 5.70. The Hall–Kier alpha value is -0.820. The van der Waals surface area contributed by atoms with Gasteiger partial charge in [0.05, 0.1) is 6.10 Å². The van der Waals surface area contributed by atoms with Crippen molar-refractivity contribution in [2.75, 3.05) is 6.61 Å². The first-order valence-electron chi connectivity index (χ1n) is 5.45. The number of benzene rings is 1. The number of aryl methyl sites for hydroxylation is 1. The largest absolute Gasteiger partial charge is 0.378 e. The first kappa shape index (κ1) is 9.72. The molecule has 1 fully saturated rings. The third-order valence-electron chi connectivity index (χ3n) is 3.13. The monoisotopic (exact) mass is 190 g/mol. The predicted molar refractivity (Wildman–Crippen MR) is 58.6 cm³/mol. The molecule has 1 heterocycles. The molecule has 0 aromatic heterocycles. The second-order valence-electron chi connectivity index (χ2n) is 4.25. The summed E-state index contributed by atoms with van der Waals surface area (Å²) in [5.74, 6) is 0.540. The molecule has 0 unspecified atom stereocenters. The fraction of sp³-hybridized carbons (Fsp3) is 0.538. The molecule has 0 N–H and O–H groups in total. The second kappa shape index (κ2) is 4.14. The number of ether oxygens (including phenoxy) is 1. The van der Waals surface area contributed by atoms with Gasteiger partial charge in [-0.3, -0.25) is 0 Å². The Bertz CT molecular complexity index is 283. The van der Waals surface area contributed by atoms with Crippen LogP contribution in [0, 0.1) is 6.92 Å². The van der Waals surface area contributed by atoms with Crippen LogP contribution in [-0.4, -0.2) is 12.7 Å². The summed E-state index contributed by atoms with van der Waals surface area (Å²) in [7, 11) is 0. The lowest BCUT2D eigenvalue weighted by atomic mass is 9.93. The zero-order valence-corrected chi connectivity index (χ0v) is 8.99. The van der Waals surface area contributed by atoms with Crippen molar-refractivity contribution in [3.63, 3.8) is 0 Å². The molecule has 1 aromatic rings. The van der Waals surface area contributed by atoms with E-state index in [2.05, 4.69) is 38.1 Å². The smallest absolute Gasteiger partial charge is 0.0641 e. The van der Waals surface area contributed by atoms with E-state index in [0.717, 1.165) is 6.61 Å². The maximum absolute atomic E-state index is 5.70. The molecule has 0 aliphatic carbocycles. The lowest BCUT2D eigenvalue weighted by Crippen LogP contribution is -2.14. The average Bonchev–Trinajstić information content (AvgIpc) is 2.71. The van der Waals surface area contributed by atoms with Crippen LogP contribution in [0.3, 0.4) is 0 Å². The molecule has 0 spiro atoms. The highest BCUT2D eigenvalue weighted by Crippen LogP contribution is 2.28. The van der Waals surface area contributed by atoms with Crippen molar-refractivity contribution in [2.24, 2.45) is 0 Å². The van der Waals surface area contributed by atoms with E-state index in [1.807, 2.05) is 0 Å². The van der Waals surface area contributed by atoms with Gasteiger partial charge in [-0.05, 0) is 25.3 Å². The van der Waals surface area contributed by atoms with Crippen LogP contribution in [-0.2, 0) is 4.74 Å². The van der Waals surface area contributed by atoms with Gasteiger partial charge < -0.3 is 4.74 Å². The summed E-state index contributed by atoms with van der Waals surface area (Å²) in [5, 5.41) is 0. The Balaban J connectivity index is 2.09. The topological polar surface area (TPSA) is 9.23 Å². The van der Waals surface area contributed by atoms with Gasteiger partial charge in [-0.2, -0.15) is 0 Å². The molecular formula is C13H18O. The Morgan fingerprint density at radius 1 is 1.29 bits per heavy atom. The molecule has 1 aromatic carbocycles. The molecule has 1 nitrogen and oxygen atoms in total. The normalized spacial score (nSPS) is 23.7. The quantitative estimate of drug-likeness (QED) is 0.695. The first-order chi connectivity index (χ1) is 6.77. The molecule has 1 aliphatic heterocycles. The first-order valence-corrected chi connectivity index (χ1v) is 5.45. The SMILES string of the molecule is Cc1ccc([C@@H](C)[C@H]2CCCO2)cc1. The van der Waals surface area contributed by atoms with E-state index in [-0.39, 0.29) is 0 Å². The molecule has 0 radical (unpaired) electrons. The summed E-state index contributed by atoms with van der Waals surface area (Å²) in [6.45, 7) is 5.34. The van der Waals surface area contributed by atoms with Crippen molar-refractivity contribution in [1.82, 2.24) is 0 Å². The summed E-state index contributed by atoms with van der Waals surface area (Å²) in [5.41, 5.74) is 2.73. The van der Waals surface area contributed by atoms with Gasteiger partial charge in [-0.25, -0.2) is 0 Å². The molecule has 1 heteroatoms. The predicted octanol–water partition coefficient (Wildman–Crippen LogP) is 3.28. The fourth-order valence-corrected chi connectivity index (χ4v) is 2.08. The van der Waals surface area contributed by atoms with Crippen molar-refractivity contribution >= 4 is 0 Å². The van der Waals surface area contributed by atoms with Gasteiger partial charge in [-0.15, -0.1) is 0 Å². The Morgan fingerprint density at radius 3 is 2.57 bits per heavy atom. The van der Waals surface area contributed by atoms with Crippen molar-refractivity contribution in [3.05, 3.63) is 35.4 Å². The highest BCUT2D eigenvalue weighted by atomic mass is 16.5.